The highest BCUT2D eigenvalue weighted by atomic mass is 35.5. The molecule has 0 saturated heterocycles. The average Bonchev–Trinajstić information content (AvgIpc) is 3.02. The van der Waals surface area contributed by atoms with Gasteiger partial charge < -0.3 is 20.1 Å². The topological polar surface area (TPSA) is 59.6 Å². The van der Waals surface area contributed by atoms with E-state index in [1.165, 1.54) is 12.1 Å². The van der Waals surface area contributed by atoms with Crippen LogP contribution in [0.25, 0.3) is 0 Å². The van der Waals surface area contributed by atoms with Gasteiger partial charge in [0.15, 0.2) is 11.5 Å². The summed E-state index contributed by atoms with van der Waals surface area (Å²) in [5.41, 5.74) is 1.35. The first-order valence-corrected chi connectivity index (χ1v) is 7.78. The fourth-order valence-corrected chi connectivity index (χ4v) is 2.46. The summed E-state index contributed by atoms with van der Waals surface area (Å²) in [4.78, 5) is 12.2. The molecule has 1 atom stereocenters. The van der Waals surface area contributed by atoms with Crippen LogP contribution in [0.2, 0.25) is 5.02 Å². The van der Waals surface area contributed by atoms with Crippen molar-refractivity contribution in [3.05, 3.63) is 52.8 Å². The Morgan fingerprint density at radius 2 is 2.04 bits per heavy atom. The van der Waals surface area contributed by atoms with Crippen LogP contribution >= 0.6 is 11.6 Å². The van der Waals surface area contributed by atoms with E-state index in [0.29, 0.717) is 18.0 Å². The summed E-state index contributed by atoms with van der Waals surface area (Å²) in [5, 5.41) is 5.94. The van der Waals surface area contributed by atoms with Crippen LogP contribution in [0.1, 0.15) is 12.5 Å². The molecule has 1 amide bonds. The molecule has 7 heteroatoms. The molecule has 3 rings (SSSR count). The Bertz CT molecular complexity index is 769. The number of carbonyl (C=O) groups is 1. The van der Waals surface area contributed by atoms with Gasteiger partial charge in [-0.2, -0.15) is 0 Å². The summed E-state index contributed by atoms with van der Waals surface area (Å²) in [6.07, 6.45) is 0. The van der Waals surface area contributed by atoms with Crippen LogP contribution in [-0.2, 0) is 11.3 Å². The lowest BCUT2D eigenvalue weighted by Gasteiger charge is -2.15. The normalized spacial score (nSPS) is 13.6. The molecule has 126 valence electrons. The number of halogens is 2. The third kappa shape index (κ3) is 3.77. The molecule has 1 aliphatic rings. The van der Waals surface area contributed by atoms with E-state index < -0.39 is 11.9 Å². The second-order valence-corrected chi connectivity index (χ2v) is 5.81. The molecule has 0 fully saturated rings. The predicted molar refractivity (Wildman–Crippen MR) is 88.9 cm³/mol. The van der Waals surface area contributed by atoms with Gasteiger partial charge in [0, 0.05) is 6.54 Å². The van der Waals surface area contributed by atoms with Gasteiger partial charge in [-0.25, -0.2) is 4.39 Å². The second-order valence-electron chi connectivity index (χ2n) is 5.40. The van der Waals surface area contributed by atoms with Gasteiger partial charge in [0.05, 0.1) is 16.8 Å². The number of amides is 1. The minimum Gasteiger partial charge on any atom is -0.454 e. The van der Waals surface area contributed by atoms with E-state index in [1.807, 2.05) is 18.2 Å². The lowest BCUT2D eigenvalue weighted by molar-refractivity contribution is -0.117. The van der Waals surface area contributed by atoms with Gasteiger partial charge in [-0.15, -0.1) is 0 Å². The minimum absolute atomic E-state index is 0.159. The first-order chi connectivity index (χ1) is 11.5. The van der Waals surface area contributed by atoms with E-state index in [0.717, 1.165) is 17.4 Å². The first kappa shape index (κ1) is 16.5. The Morgan fingerprint density at radius 3 is 2.83 bits per heavy atom. The van der Waals surface area contributed by atoms with E-state index in [1.54, 1.807) is 6.92 Å². The summed E-state index contributed by atoms with van der Waals surface area (Å²) < 4.78 is 23.6. The Balaban J connectivity index is 1.56. The van der Waals surface area contributed by atoms with Crippen molar-refractivity contribution in [3.63, 3.8) is 0 Å². The molecule has 0 aromatic heterocycles. The number of hydrogen-bond acceptors (Lipinski definition) is 4. The maximum atomic E-state index is 13.0. The number of carbonyl (C=O) groups excluding carboxylic acids is 1. The first-order valence-electron chi connectivity index (χ1n) is 7.41. The monoisotopic (exact) mass is 350 g/mol. The molecule has 0 saturated carbocycles. The number of ether oxygens (including phenoxy) is 2. The second kappa shape index (κ2) is 7.07. The highest BCUT2D eigenvalue weighted by Crippen LogP contribution is 2.32. The van der Waals surface area contributed by atoms with Crippen LogP contribution in [0.3, 0.4) is 0 Å². The van der Waals surface area contributed by atoms with Crippen LogP contribution in [0, 0.1) is 5.82 Å². The Labute approximate surface area is 143 Å². The number of benzene rings is 2. The van der Waals surface area contributed by atoms with Gasteiger partial charge in [-0.3, -0.25) is 4.79 Å². The quantitative estimate of drug-likeness (QED) is 0.868. The van der Waals surface area contributed by atoms with Gasteiger partial charge >= 0.3 is 0 Å². The molecule has 1 unspecified atom stereocenters. The number of anilines is 1. The molecular weight excluding hydrogens is 335 g/mol. The molecule has 5 nitrogen and oxygen atoms in total. The Morgan fingerprint density at radius 1 is 1.25 bits per heavy atom. The summed E-state index contributed by atoms with van der Waals surface area (Å²) >= 11 is 5.90. The minimum atomic E-state index is -0.462. The average molecular weight is 351 g/mol. The SMILES string of the molecule is CC(NCc1ccc2c(c1)OCO2)C(=O)Nc1ccc(F)cc1Cl. The number of rotatable bonds is 5. The highest BCUT2D eigenvalue weighted by Gasteiger charge is 2.16. The van der Waals surface area contributed by atoms with Crippen molar-refractivity contribution < 1.29 is 18.7 Å². The zero-order valence-corrected chi connectivity index (χ0v) is 13.7. The lowest BCUT2D eigenvalue weighted by atomic mass is 10.2. The van der Waals surface area contributed by atoms with Crippen LogP contribution < -0.4 is 20.1 Å². The van der Waals surface area contributed by atoms with E-state index in [4.69, 9.17) is 21.1 Å². The third-order valence-corrected chi connectivity index (χ3v) is 3.94. The van der Waals surface area contributed by atoms with Crippen molar-refractivity contribution in [2.75, 3.05) is 12.1 Å². The van der Waals surface area contributed by atoms with Gasteiger partial charge in [-0.1, -0.05) is 17.7 Å². The molecule has 1 aliphatic heterocycles. The van der Waals surface area contributed by atoms with Crippen LogP contribution in [-0.4, -0.2) is 18.7 Å². The summed E-state index contributed by atoms with van der Waals surface area (Å²) in [6, 6.07) is 8.98. The van der Waals surface area contributed by atoms with Gasteiger partial charge in [-0.05, 0) is 42.8 Å². The molecule has 1 heterocycles. The molecule has 2 N–H and O–H groups in total. The van der Waals surface area contributed by atoms with Crippen LogP contribution in [0.15, 0.2) is 36.4 Å². The summed E-state index contributed by atoms with van der Waals surface area (Å²) in [7, 11) is 0. The molecule has 24 heavy (non-hydrogen) atoms. The van der Waals surface area contributed by atoms with Crippen LogP contribution in [0.4, 0.5) is 10.1 Å². The molecule has 0 aliphatic carbocycles. The molecule has 2 aromatic carbocycles. The smallest absolute Gasteiger partial charge is 0.241 e. The van der Waals surface area contributed by atoms with Gasteiger partial charge in [0.1, 0.15) is 5.82 Å². The Hall–Kier alpha value is -2.31. The molecule has 2 aromatic rings. The standard InChI is InChI=1S/C17H16ClFN2O3/c1-10(17(22)21-14-4-3-12(19)7-13(14)18)20-8-11-2-5-15-16(6-11)24-9-23-15/h2-7,10,20H,8-9H2,1H3,(H,21,22). The lowest BCUT2D eigenvalue weighted by Crippen LogP contribution is -2.37. The van der Waals surface area contributed by atoms with Crippen molar-refractivity contribution in [1.82, 2.24) is 5.32 Å². The van der Waals surface area contributed by atoms with E-state index >= 15 is 0 Å². The van der Waals surface area contributed by atoms with Crippen LogP contribution in [0.5, 0.6) is 11.5 Å². The van der Waals surface area contributed by atoms with Crippen molar-refractivity contribution in [1.29, 1.82) is 0 Å². The van der Waals surface area contributed by atoms with E-state index in [9.17, 15) is 9.18 Å². The number of nitrogens with one attached hydrogen (secondary N) is 2. The molecule has 0 spiro atoms. The fraction of sp³-hybridized carbons (Fsp3) is 0.235. The van der Waals surface area contributed by atoms with Crippen molar-refractivity contribution in [2.45, 2.75) is 19.5 Å². The van der Waals surface area contributed by atoms with E-state index in [2.05, 4.69) is 10.6 Å². The zero-order valence-electron chi connectivity index (χ0n) is 12.9. The maximum Gasteiger partial charge on any atom is 0.241 e. The van der Waals surface area contributed by atoms with E-state index in [-0.39, 0.29) is 17.7 Å². The zero-order chi connectivity index (χ0) is 17.1. The highest BCUT2D eigenvalue weighted by molar-refractivity contribution is 6.33. The molecule has 0 bridgehead atoms. The summed E-state index contributed by atoms with van der Waals surface area (Å²) in [5.74, 6) is 0.705. The predicted octanol–water partition coefficient (Wildman–Crippen LogP) is 3.32. The summed E-state index contributed by atoms with van der Waals surface area (Å²) in [6.45, 7) is 2.45. The van der Waals surface area contributed by atoms with Crippen molar-refractivity contribution in [2.24, 2.45) is 0 Å². The number of hydrogen-bond donors (Lipinski definition) is 2. The van der Waals surface area contributed by atoms with Gasteiger partial charge in [0.2, 0.25) is 12.7 Å². The molecular formula is C17H16ClFN2O3. The Kier molecular flexibility index (Phi) is 4.87. The van der Waals surface area contributed by atoms with Gasteiger partial charge in [0.25, 0.3) is 0 Å². The molecule has 0 radical (unpaired) electrons. The van der Waals surface area contributed by atoms with Crippen molar-refractivity contribution in [3.8, 4) is 11.5 Å². The van der Waals surface area contributed by atoms with Crippen molar-refractivity contribution >= 4 is 23.2 Å². The third-order valence-electron chi connectivity index (χ3n) is 3.63. The fourth-order valence-electron chi connectivity index (χ4n) is 2.25. The number of fused-ring (bicyclic) bond motifs is 1. The largest absolute Gasteiger partial charge is 0.454 e. The maximum absolute atomic E-state index is 13.0.